The van der Waals surface area contributed by atoms with Crippen LogP contribution in [0.15, 0.2) is 53.1 Å². The number of ether oxygens (including phenoxy) is 1. The third-order valence-corrected chi connectivity index (χ3v) is 4.01. The molecule has 3 aromatic rings. The van der Waals surface area contributed by atoms with Gasteiger partial charge in [-0.25, -0.2) is 0 Å². The molecule has 0 unspecified atom stereocenters. The molecule has 0 aliphatic carbocycles. The molecule has 2 amide bonds. The van der Waals surface area contributed by atoms with Crippen LogP contribution in [0.1, 0.15) is 21.0 Å². The third-order valence-electron chi connectivity index (χ3n) is 4.01. The van der Waals surface area contributed by atoms with Crippen LogP contribution in [0, 0.1) is 10.1 Å². The van der Waals surface area contributed by atoms with Gasteiger partial charge in [0.1, 0.15) is 11.3 Å². The molecule has 2 N–H and O–H groups in total. The quantitative estimate of drug-likeness (QED) is 0.324. The van der Waals surface area contributed by atoms with E-state index in [1.54, 1.807) is 31.4 Å². The first-order valence-electron chi connectivity index (χ1n) is 8.77. The van der Waals surface area contributed by atoms with Crippen molar-refractivity contribution in [2.75, 3.05) is 20.2 Å². The van der Waals surface area contributed by atoms with Crippen LogP contribution in [0.5, 0.6) is 5.75 Å². The van der Waals surface area contributed by atoms with Gasteiger partial charge in [-0.3, -0.25) is 19.7 Å². The largest absolute Gasteiger partial charge is 0.497 e. The van der Waals surface area contributed by atoms with Crippen molar-refractivity contribution in [3.63, 3.8) is 0 Å². The summed E-state index contributed by atoms with van der Waals surface area (Å²) in [5.74, 6) is -0.542. The van der Waals surface area contributed by atoms with E-state index in [9.17, 15) is 19.7 Å². The van der Waals surface area contributed by atoms with Gasteiger partial charge in [-0.1, -0.05) is 17.3 Å². The zero-order valence-electron chi connectivity index (χ0n) is 15.8. The van der Waals surface area contributed by atoms with Crippen molar-refractivity contribution in [1.82, 2.24) is 20.8 Å². The number of carbonyl (C=O) groups excluding carboxylic acids is 2. The highest BCUT2D eigenvalue weighted by Gasteiger charge is 2.19. The first kappa shape index (κ1) is 20.5. The van der Waals surface area contributed by atoms with Crippen molar-refractivity contribution < 1.29 is 23.8 Å². The monoisotopic (exact) mass is 411 g/mol. The smallest absolute Gasteiger partial charge is 0.316 e. The molecular formula is C19H17N5O6. The molecule has 0 bridgehead atoms. The summed E-state index contributed by atoms with van der Waals surface area (Å²) in [6.45, 7) is 0.113. The maximum Gasteiger partial charge on any atom is 0.316 e. The van der Waals surface area contributed by atoms with E-state index in [-0.39, 0.29) is 36.1 Å². The summed E-state index contributed by atoms with van der Waals surface area (Å²) >= 11 is 0. The van der Waals surface area contributed by atoms with Gasteiger partial charge in [0.15, 0.2) is 0 Å². The fraction of sp³-hybridized carbons (Fsp3) is 0.158. The lowest BCUT2D eigenvalue weighted by Gasteiger charge is -2.06. The van der Waals surface area contributed by atoms with E-state index in [2.05, 4.69) is 20.8 Å². The van der Waals surface area contributed by atoms with Crippen LogP contribution in [0.2, 0.25) is 0 Å². The van der Waals surface area contributed by atoms with Gasteiger partial charge in [0.2, 0.25) is 5.82 Å². The summed E-state index contributed by atoms with van der Waals surface area (Å²) in [4.78, 5) is 38.6. The van der Waals surface area contributed by atoms with E-state index in [0.29, 0.717) is 11.3 Å². The predicted octanol–water partition coefficient (Wildman–Crippen LogP) is 1.81. The Labute approximate surface area is 170 Å². The van der Waals surface area contributed by atoms with Crippen LogP contribution >= 0.6 is 0 Å². The lowest BCUT2D eigenvalue weighted by atomic mass is 10.1. The van der Waals surface area contributed by atoms with Gasteiger partial charge in [0.05, 0.1) is 12.0 Å². The molecular weight excluding hydrogens is 394 g/mol. The molecule has 0 saturated heterocycles. The first-order valence-corrected chi connectivity index (χ1v) is 8.77. The van der Waals surface area contributed by atoms with E-state index in [1.165, 1.54) is 24.3 Å². The average molecular weight is 411 g/mol. The number of nitrogens with zero attached hydrogens (tertiary/aromatic N) is 3. The number of nitrogens with one attached hydrogen (secondary N) is 2. The molecule has 11 heteroatoms. The highest BCUT2D eigenvalue weighted by atomic mass is 16.6. The Morgan fingerprint density at radius 2 is 1.73 bits per heavy atom. The topological polar surface area (TPSA) is 149 Å². The summed E-state index contributed by atoms with van der Waals surface area (Å²) in [7, 11) is 1.55. The molecule has 0 radical (unpaired) electrons. The van der Waals surface area contributed by atoms with E-state index in [4.69, 9.17) is 9.26 Å². The van der Waals surface area contributed by atoms with Gasteiger partial charge in [-0.15, -0.1) is 0 Å². The minimum Gasteiger partial charge on any atom is -0.497 e. The fourth-order valence-corrected chi connectivity index (χ4v) is 2.52. The number of nitro groups is 1. The Hall–Kier alpha value is -4.28. The molecule has 0 saturated carbocycles. The van der Waals surface area contributed by atoms with Gasteiger partial charge >= 0.3 is 11.8 Å². The number of para-hydroxylation sites is 1. The Kier molecular flexibility index (Phi) is 6.33. The van der Waals surface area contributed by atoms with E-state index in [1.807, 2.05) is 0 Å². The van der Waals surface area contributed by atoms with Gasteiger partial charge < -0.3 is 19.9 Å². The Balaban J connectivity index is 1.51. The first-order chi connectivity index (χ1) is 14.5. The summed E-state index contributed by atoms with van der Waals surface area (Å²) < 4.78 is 10.0. The molecule has 2 aromatic carbocycles. The molecule has 0 fully saturated rings. The summed E-state index contributed by atoms with van der Waals surface area (Å²) in [6, 6.07) is 12.5. The molecule has 154 valence electrons. The minimum atomic E-state index is -0.632. The Morgan fingerprint density at radius 1 is 1.07 bits per heavy atom. The predicted molar refractivity (Wildman–Crippen MR) is 104 cm³/mol. The zero-order chi connectivity index (χ0) is 21.5. The number of hydrogen-bond acceptors (Lipinski definition) is 8. The maximum atomic E-state index is 12.1. The second kappa shape index (κ2) is 9.28. The molecule has 0 aliphatic rings. The second-order valence-electron chi connectivity index (χ2n) is 5.94. The molecule has 0 atom stereocenters. The van der Waals surface area contributed by atoms with Crippen LogP contribution < -0.4 is 15.4 Å². The number of amides is 2. The van der Waals surface area contributed by atoms with Gasteiger partial charge in [-0.2, -0.15) is 4.98 Å². The molecule has 1 aromatic heterocycles. The molecule has 11 nitrogen and oxygen atoms in total. The number of hydrogen-bond donors (Lipinski definition) is 2. The third kappa shape index (κ3) is 4.76. The normalized spacial score (nSPS) is 10.3. The van der Waals surface area contributed by atoms with Crippen molar-refractivity contribution in [2.45, 2.75) is 0 Å². The molecule has 0 aliphatic heterocycles. The fourth-order valence-electron chi connectivity index (χ4n) is 2.52. The highest BCUT2D eigenvalue weighted by molar-refractivity contribution is 5.98. The number of rotatable bonds is 8. The standard InChI is InChI=1S/C19H17N5O6/c1-29-13-8-6-12(7-9-13)16-22-19(30-23-16)18(26)21-11-10-20-17(25)14-4-2-3-5-15(14)24(27)28/h2-9H,10-11H2,1H3,(H,20,25)(H,21,26). The van der Waals surface area contributed by atoms with Crippen molar-refractivity contribution in [1.29, 1.82) is 0 Å². The number of aromatic nitrogens is 2. The lowest BCUT2D eigenvalue weighted by molar-refractivity contribution is -0.385. The number of carbonyl (C=O) groups is 2. The highest BCUT2D eigenvalue weighted by Crippen LogP contribution is 2.20. The summed E-state index contributed by atoms with van der Waals surface area (Å²) in [5.41, 5.74) is 0.293. The van der Waals surface area contributed by atoms with Gasteiger partial charge in [0, 0.05) is 24.7 Å². The van der Waals surface area contributed by atoms with Crippen LogP contribution in [0.25, 0.3) is 11.4 Å². The van der Waals surface area contributed by atoms with Crippen LogP contribution in [-0.2, 0) is 0 Å². The van der Waals surface area contributed by atoms with E-state index < -0.39 is 16.7 Å². The van der Waals surface area contributed by atoms with Gasteiger partial charge in [-0.05, 0) is 30.3 Å². The van der Waals surface area contributed by atoms with Crippen LogP contribution in [-0.4, -0.2) is 47.1 Å². The minimum absolute atomic E-state index is 0.0517. The lowest BCUT2D eigenvalue weighted by Crippen LogP contribution is -2.35. The molecule has 0 spiro atoms. The van der Waals surface area contributed by atoms with E-state index in [0.717, 1.165) is 0 Å². The Bertz CT molecular complexity index is 1060. The second-order valence-corrected chi connectivity index (χ2v) is 5.94. The number of nitro benzene ring substituents is 1. The van der Waals surface area contributed by atoms with Crippen molar-refractivity contribution in [3.8, 4) is 17.1 Å². The molecule has 1 heterocycles. The van der Waals surface area contributed by atoms with Crippen molar-refractivity contribution in [3.05, 3.63) is 70.1 Å². The molecule has 3 rings (SSSR count). The summed E-state index contributed by atoms with van der Waals surface area (Å²) in [5, 5.41) is 19.8. The number of benzene rings is 2. The average Bonchev–Trinajstić information content (AvgIpc) is 3.27. The molecule has 30 heavy (non-hydrogen) atoms. The SMILES string of the molecule is COc1ccc(-c2noc(C(=O)NCCNC(=O)c3ccccc3[N+](=O)[O-])n2)cc1. The van der Waals surface area contributed by atoms with Crippen LogP contribution in [0.4, 0.5) is 5.69 Å². The van der Waals surface area contributed by atoms with Crippen molar-refractivity contribution >= 4 is 17.5 Å². The Morgan fingerprint density at radius 3 is 2.40 bits per heavy atom. The maximum absolute atomic E-state index is 12.1. The van der Waals surface area contributed by atoms with Crippen LogP contribution in [0.3, 0.4) is 0 Å². The van der Waals surface area contributed by atoms with Crippen molar-refractivity contribution in [2.24, 2.45) is 0 Å². The zero-order valence-corrected chi connectivity index (χ0v) is 15.8. The van der Waals surface area contributed by atoms with Gasteiger partial charge in [0.25, 0.3) is 11.6 Å². The number of methoxy groups -OCH3 is 1. The summed E-state index contributed by atoms with van der Waals surface area (Å²) in [6.07, 6.45) is 0. The van der Waals surface area contributed by atoms with E-state index >= 15 is 0 Å².